The zero-order valence-corrected chi connectivity index (χ0v) is 7.33. The predicted molar refractivity (Wildman–Crippen MR) is 40.5 cm³/mol. The molecule has 1 rings (SSSR count). The van der Waals surface area contributed by atoms with E-state index in [1.165, 1.54) is 0 Å². The third-order valence-corrected chi connectivity index (χ3v) is 1.76. The van der Waals surface area contributed by atoms with Crippen molar-refractivity contribution in [2.75, 3.05) is 7.05 Å². The lowest BCUT2D eigenvalue weighted by molar-refractivity contribution is -0.816. The van der Waals surface area contributed by atoms with E-state index in [2.05, 4.69) is 17.6 Å². The molecule has 0 amide bonds. The Morgan fingerprint density at radius 2 is 2.18 bits per heavy atom. The molecule has 3 N–H and O–H groups in total. The van der Waals surface area contributed by atoms with E-state index in [1.807, 2.05) is 14.0 Å². The quantitative estimate of drug-likeness (QED) is 0.556. The van der Waals surface area contributed by atoms with Gasteiger partial charge in [-0.2, -0.15) is 0 Å². The van der Waals surface area contributed by atoms with E-state index in [-0.39, 0.29) is 18.9 Å². The third-order valence-electron chi connectivity index (χ3n) is 1.76. The van der Waals surface area contributed by atoms with Crippen molar-refractivity contribution in [1.29, 1.82) is 0 Å². The fourth-order valence-electron chi connectivity index (χ4n) is 1.15. The van der Waals surface area contributed by atoms with E-state index in [0.29, 0.717) is 0 Å². The molecule has 1 saturated heterocycles. The van der Waals surface area contributed by atoms with E-state index in [9.17, 15) is 0 Å². The number of rotatable bonds is 2. The summed E-state index contributed by atoms with van der Waals surface area (Å²) in [5, 5.41) is 5.01. The SMILES string of the molecule is CCC1[NH2+]C(C)OC(NC)O1. The molecule has 0 spiro atoms. The van der Waals surface area contributed by atoms with E-state index in [1.54, 1.807) is 0 Å². The molecule has 0 aromatic rings. The molecule has 1 fully saturated rings. The highest BCUT2D eigenvalue weighted by Crippen LogP contribution is 2.02. The molecular weight excluding hydrogens is 144 g/mol. The van der Waals surface area contributed by atoms with Gasteiger partial charge in [-0.3, -0.25) is 20.1 Å². The number of hydrogen-bond acceptors (Lipinski definition) is 3. The first-order chi connectivity index (χ1) is 5.26. The zero-order chi connectivity index (χ0) is 8.27. The molecule has 11 heavy (non-hydrogen) atoms. The monoisotopic (exact) mass is 161 g/mol. The van der Waals surface area contributed by atoms with Crippen LogP contribution in [0.15, 0.2) is 0 Å². The highest BCUT2D eigenvalue weighted by molar-refractivity contribution is 4.45. The van der Waals surface area contributed by atoms with Gasteiger partial charge in [-0.25, -0.2) is 0 Å². The molecule has 1 aliphatic heterocycles. The maximum atomic E-state index is 5.47. The Labute approximate surface area is 67.2 Å². The molecule has 0 aliphatic carbocycles. The lowest BCUT2D eigenvalue weighted by atomic mass is 10.4. The summed E-state index contributed by atoms with van der Waals surface area (Å²) in [6.45, 7) is 4.13. The fraction of sp³-hybridized carbons (Fsp3) is 1.00. The van der Waals surface area contributed by atoms with Gasteiger partial charge in [0.25, 0.3) is 0 Å². The lowest BCUT2D eigenvalue weighted by Crippen LogP contribution is -2.98. The van der Waals surface area contributed by atoms with Gasteiger partial charge in [-0.05, 0) is 7.05 Å². The van der Waals surface area contributed by atoms with Crippen LogP contribution in [0.5, 0.6) is 0 Å². The van der Waals surface area contributed by atoms with E-state index < -0.39 is 0 Å². The summed E-state index contributed by atoms with van der Waals surface area (Å²) < 4.78 is 10.8. The first-order valence-corrected chi connectivity index (χ1v) is 4.09. The summed E-state index contributed by atoms with van der Waals surface area (Å²) >= 11 is 0. The molecule has 0 bridgehead atoms. The average molecular weight is 161 g/mol. The normalized spacial score (nSPS) is 39.0. The summed E-state index contributed by atoms with van der Waals surface area (Å²) in [7, 11) is 1.83. The Balaban J connectivity index is 2.37. The van der Waals surface area contributed by atoms with Gasteiger partial charge in [-0.15, -0.1) is 0 Å². The van der Waals surface area contributed by atoms with E-state index in [0.717, 1.165) is 6.42 Å². The predicted octanol–water partition coefficient (Wildman–Crippen LogP) is -0.818. The number of nitrogens with one attached hydrogen (secondary N) is 1. The minimum atomic E-state index is -0.236. The molecule has 4 heteroatoms. The minimum absolute atomic E-state index is 0.186. The summed E-state index contributed by atoms with van der Waals surface area (Å²) in [6, 6.07) is 0. The van der Waals surface area contributed by atoms with Gasteiger partial charge in [0.05, 0.1) is 0 Å². The lowest BCUT2D eigenvalue weighted by Gasteiger charge is -2.31. The van der Waals surface area contributed by atoms with Crippen molar-refractivity contribution in [3.05, 3.63) is 0 Å². The van der Waals surface area contributed by atoms with Gasteiger partial charge in [0, 0.05) is 13.3 Å². The van der Waals surface area contributed by atoms with Crippen LogP contribution < -0.4 is 10.6 Å². The van der Waals surface area contributed by atoms with Crippen LogP contribution in [-0.4, -0.2) is 25.9 Å². The Bertz CT molecular complexity index is 109. The van der Waals surface area contributed by atoms with Crippen LogP contribution in [0.25, 0.3) is 0 Å². The highest BCUT2D eigenvalue weighted by atomic mass is 16.7. The Morgan fingerprint density at radius 1 is 1.45 bits per heavy atom. The van der Waals surface area contributed by atoms with Gasteiger partial charge >= 0.3 is 0 Å². The number of hydrogen-bond donors (Lipinski definition) is 2. The van der Waals surface area contributed by atoms with Gasteiger partial charge < -0.3 is 0 Å². The van der Waals surface area contributed by atoms with Crippen molar-refractivity contribution < 1.29 is 14.8 Å². The standard InChI is InChI=1S/C7H16N2O2/c1-4-6-9-5(2)10-7(8-3)11-6/h5-9H,4H2,1-3H3/p+1. The summed E-state index contributed by atoms with van der Waals surface area (Å²) in [5.41, 5.74) is 0. The molecule has 3 unspecified atom stereocenters. The van der Waals surface area contributed by atoms with Gasteiger partial charge in [0.15, 0.2) is 12.5 Å². The van der Waals surface area contributed by atoms with Crippen molar-refractivity contribution in [3.8, 4) is 0 Å². The maximum absolute atomic E-state index is 5.47. The molecule has 0 aromatic carbocycles. The molecule has 0 saturated carbocycles. The van der Waals surface area contributed by atoms with Crippen LogP contribution in [-0.2, 0) is 9.47 Å². The van der Waals surface area contributed by atoms with Crippen molar-refractivity contribution in [3.63, 3.8) is 0 Å². The van der Waals surface area contributed by atoms with Crippen LogP contribution in [0.1, 0.15) is 20.3 Å². The van der Waals surface area contributed by atoms with Crippen molar-refractivity contribution in [1.82, 2.24) is 5.32 Å². The van der Waals surface area contributed by atoms with Crippen molar-refractivity contribution in [2.24, 2.45) is 0 Å². The highest BCUT2D eigenvalue weighted by Gasteiger charge is 2.27. The molecule has 4 nitrogen and oxygen atoms in total. The zero-order valence-electron chi connectivity index (χ0n) is 7.33. The first-order valence-electron chi connectivity index (χ1n) is 4.09. The molecule has 1 aliphatic rings. The molecule has 66 valence electrons. The van der Waals surface area contributed by atoms with E-state index >= 15 is 0 Å². The second-order valence-electron chi connectivity index (χ2n) is 2.74. The summed E-state index contributed by atoms with van der Waals surface area (Å²) in [4.78, 5) is 0. The van der Waals surface area contributed by atoms with Crippen molar-refractivity contribution in [2.45, 2.75) is 39.1 Å². The molecular formula is C7H17N2O2+. The average Bonchev–Trinajstić information content (AvgIpc) is 2.03. The van der Waals surface area contributed by atoms with Crippen LogP contribution in [0.4, 0.5) is 0 Å². The fourth-order valence-corrected chi connectivity index (χ4v) is 1.15. The second-order valence-corrected chi connectivity index (χ2v) is 2.74. The van der Waals surface area contributed by atoms with Crippen LogP contribution in [0.2, 0.25) is 0 Å². The van der Waals surface area contributed by atoms with Crippen LogP contribution >= 0.6 is 0 Å². The molecule has 3 atom stereocenters. The van der Waals surface area contributed by atoms with Gasteiger partial charge in [0.2, 0.25) is 6.41 Å². The van der Waals surface area contributed by atoms with Crippen molar-refractivity contribution >= 4 is 0 Å². The minimum Gasteiger partial charge on any atom is -0.296 e. The largest absolute Gasteiger partial charge is 0.296 e. The summed E-state index contributed by atoms with van der Waals surface area (Å²) in [6.07, 6.45) is 1.19. The van der Waals surface area contributed by atoms with Gasteiger partial charge in [-0.1, -0.05) is 6.92 Å². The Hall–Kier alpha value is -0.160. The molecule has 1 heterocycles. The molecule has 0 aromatic heterocycles. The first kappa shape index (κ1) is 8.93. The Kier molecular flexibility index (Phi) is 3.26. The number of ether oxygens (including phenoxy) is 2. The van der Waals surface area contributed by atoms with Crippen LogP contribution in [0, 0.1) is 0 Å². The van der Waals surface area contributed by atoms with E-state index in [4.69, 9.17) is 9.47 Å². The third kappa shape index (κ3) is 2.41. The number of nitrogens with two attached hydrogens (primary N) is 1. The van der Waals surface area contributed by atoms with Crippen LogP contribution in [0.3, 0.4) is 0 Å². The number of quaternary nitrogens is 1. The van der Waals surface area contributed by atoms with Gasteiger partial charge in [0.1, 0.15) is 0 Å². The topological polar surface area (TPSA) is 47.1 Å². The molecule has 0 radical (unpaired) electrons. The smallest absolute Gasteiger partial charge is 0.226 e. The summed E-state index contributed by atoms with van der Waals surface area (Å²) in [5.74, 6) is 0. The maximum Gasteiger partial charge on any atom is 0.226 e. The Morgan fingerprint density at radius 3 is 2.73 bits per heavy atom. The second kappa shape index (κ2) is 4.01.